The molecule has 4 rings (SSSR count). The molecule has 1 aliphatic heterocycles. The molecule has 1 amide bonds. The van der Waals surface area contributed by atoms with Gasteiger partial charge in [0.05, 0.1) is 5.41 Å². The molecule has 1 aliphatic rings. The molecule has 1 N–H and O–H groups in total. The van der Waals surface area contributed by atoms with Crippen molar-refractivity contribution < 1.29 is 4.79 Å². The van der Waals surface area contributed by atoms with Gasteiger partial charge in [0.25, 0.3) is 0 Å². The van der Waals surface area contributed by atoms with Crippen LogP contribution in [0.1, 0.15) is 24.0 Å². The molecular formula is C25H28N4O. The molecule has 2 aromatic carbocycles. The number of hydrogen-bond acceptors (Lipinski definition) is 4. The summed E-state index contributed by atoms with van der Waals surface area (Å²) in [7, 11) is 1.75. The van der Waals surface area contributed by atoms with Crippen LogP contribution in [0.2, 0.25) is 0 Å². The second kappa shape index (κ2) is 9.18. The molecule has 0 saturated carbocycles. The van der Waals surface area contributed by atoms with Crippen molar-refractivity contribution in [1.29, 1.82) is 0 Å². The van der Waals surface area contributed by atoms with E-state index in [1.807, 2.05) is 30.6 Å². The maximum atomic E-state index is 13.2. The predicted molar refractivity (Wildman–Crippen MR) is 119 cm³/mol. The highest BCUT2D eigenvalue weighted by atomic mass is 16.2. The van der Waals surface area contributed by atoms with Crippen LogP contribution in [0.3, 0.4) is 0 Å². The maximum absolute atomic E-state index is 13.2. The van der Waals surface area contributed by atoms with Crippen LogP contribution in [0.4, 0.5) is 0 Å². The van der Waals surface area contributed by atoms with E-state index in [1.165, 1.54) is 5.56 Å². The average molecular weight is 401 g/mol. The van der Waals surface area contributed by atoms with Crippen LogP contribution in [0, 0.1) is 5.41 Å². The van der Waals surface area contributed by atoms with E-state index >= 15 is 0 Å². The number of likely N-dealkylation sites (tertiary alicyclic amines) is 1. The Morgan fingerprint density at radius 2 is 1.80 bits per heavy atom. The van der Waals surface area contributed by atoms with Gasteiger partial charge in [-0.1, -0.05) is 54.6 Å². The van der Waals surface area contributed by atoms with Gasteiger partial charge in [0.15, 0.2) is 0 Å². The largest absolute Gasteiger partial charge is 0.359 e. The first kappa shape index (κ1) is 20.2. The normalized spacial score (nSPS) is 19.4. The molecule has 1 aromatic heterocycles. The number of nitrogens with zero attached hydrogens (tertiary/aromatic N) is 3. The number of benzene rings is 2. The van der Waals surface area contributed by atoms with E-state index in [2.05, 4.69) is 56.6 Å². The van der Waals surface area contributed by atoms with Crippen LogP contribution in [-0.4, -0.2) is 40.9 Å². The number of piperidine rings is 1. The summed E-state index contributed by atoms with van der Waals surface area (Å²) in [5.74, 6) is 0.124. The highest BCUT2D eigenvalue weighted by molar-refractivity contribution is 5.83. The van der Waals surface area contributed by atoms with Gasteiger partial charge in [-0.3, -0.25) is 9.69 Å². The number of rotatable bonds is 6. The number of nitrogens with one attached hydrogen (secondary N) is 1. The summed E-state index contributed by atoms with van der Waals surface area (Å²) < 4.78 is 0. The molecule has 2 heterocycles. The van der Waals surface area contributed by atoms with Crippen LogP contribution >= 0.6 is 0 Å². The second-order valence-corrected chi connectivity index (χ2v) is 8.12. The van der Waals surface area contributed by atoms with Gasteiger partial charge in [0.1, 0.15) is 6.33 Å². The van der Waals surface area contributed by atoms with Crippen molar-refractivity contribution in [2.75, 3.05) is 20.1 Å². The third-order valence-electron chi connectivity index (χ3n) is 6.03. The second-order valence-electron chi connectivity index (χ2n) is 8.12. The molecule has 1 fully saturated rings. The Balaban J connectivity index is 1.63. The molecule has 3 aromatic rings. The SMILES string of the molecule is CNC(=O)C1(Cc2ccccc2-c2cncnc2)CCCN(Cc2ccccc2)C1. The van der Waals surface area contributed by atoms with Crippen molar-refractivity contribution in [2.24, 2.45) is 5.41 Å². The average Bonchev–Trinajstić information content (AvgIpc) is 2.80. The highest BCUT2D eigenvalue weighted by Crippen LogP contribution is 2.37. The molecule has 0 spiro atoms. The van der Waals surface area contributed by atoms with Gasteiger partial charge in [-0.25, -0.2) is 9.97 Å². The fourth-order valence-corrected chi connectivity index (χ4v) is 4.64. The van der Waals surface area contributed by atoms with E-state index in [1.54, 1.807) is 13.4 Å². The minimum Gasteiger partial charge on any atom is -0.359 e. The molecule has 0 bridgehead atoms. The van der Waals surface area contributed by atoms with Crippen LogP contribution < -0.4 is 5.32 Å². The molecule has 5 nitrogen and oxygen atoms in total. The topological polar surface area (TPSA) is 58.1 Å². The van der Waals surface area contributed by atoms with E-state index in [-0.39, 0.29) is 5.91 Å². The first-order valence-corrected chi connectivity index (χ1v) is 10.5. The summed E-state index contributed by atoms with van der Waals surface area (Å²) in [4.78, 5) is 24.0. The van der Waals surface area contributed by atoms with Crippen molar-refractivity contribution in [3.63, 3.8) is 0 Å². The van der Waals surface area contributed by atoms with Crippen LogP contribution in [0.5, 0.6) is 0 Å². The third-order valence-corrected chi connectivity index (χ3v) is 6.03. The van der Waals surface area contributed by atoms with Gasteiger partial charge in [-0.05, 0) is 42.5 Å². The first-order valence-electron chi connectivity index (χ1n) is 10.5. The van der Waals surface area contributed by atoms with Crippen LogP contribution in [0.25, 0.3) is 11.1 Å². The fraction of sp³-hybridized carbons (Fsp3) is 0.320. The van der Waals surface area contributed by atoms with Crippen LogP contribution in [-0.2, 0) is 17.8 Å². The Bertz CT molecular complexity index is 977. The zero-order valence-electron chi connectivity index (χ0n) is 17.4. The third kappa shape index (κ3) is 4.41. The van der Waals surface area contributed by atoms with E-state index in [9.17, 15) is 4.79 Å². The Labute approximate surface area is 178 Å². The number of aromatic nitrogens is 2. The van der Waals surface area contributed by atoms with Crippen LogP contribution in [0.15, 0.2) is 73.3 Å². The minimum absolute atomic E-state index is 0.124. The zero-order valence-corrected chi connectivity index (χ0v) is 17.4. The van der Waals surface area contributed by atoms with Gasteiger partial charge in [0, 0.05) is 38.1 Å². The Morgan fingerprint density at radius 1 is 1.07 bits per heavy atom. The van der Waals surface area contributed by atoms with Crippen molar-refractivity contribution >= 4 is 5.91 Å². The zero-order chi connectivity index (χ0) is 20.8. The molecule has 0 aliphatic carbocycles. The summed E-state index contributed by atoms with van der Waals surface area (Å²) in [5, 5.41) is 2.95. The molecule has 1 saturated heterocycles. The summed E-state index contributed by atoms with van der Waals surface area (Å²) in [6.07, 6.45) is 7.81. The highest BCUT2D eigenvalue weighted by Gasteiger charge is 2.42. The fourth-order valence-electron chi connectivity index (χ4n) is 4.64. The smallest absolute Gasteiger partial charge is 0.227 e. The van der Waals surface area contributed by atoms with E-state index in [4.69, 9.17) is 0 Å². The van der Waals surface area contributed by atoms with Gasteiger partial charge < -0.3 is 5.32 Å². The lowest BCUT2D eigenvalue weighted by Crippen LogP contribution is -2.52. The van der Waals surface area contributed by atoms with E-state index in [0.717, 1.165) is 49.2 Å². The molecule has 5 heteroatoms. The minimum atomic E-state index is -0.451. The predicted octanol–water partition coefficient (Wildman–Crippen LogP) is 3.71. The number of carbonyl (C=O) groups excluding carboxylic acids is 1. The molecule has 1 unspecified atom stereocenters. The molecule has 0 radical (unpaired) electrons. The van der Waals surface area contributed by atoms with Gasteiger partial charge >= 0.3 is 0 Å². The van der Waals surface area contributed by atoms with Crippen molar-refractivity contribution in [1.82, 2.24) is 20.2 Å². The maximum Gasteiger partial charge on any atom is 0.227 e. The molecule has 1 atom stereocenters. The van der Waals surface area contributed by atoms with Gasteiger partial charge in [-0.15, -0.1) is 0 Å². The molecular weight excluding hydrogens is 372 g/mol. The number of carbonyl (C=O) groups is 1. The van der Waals surface area contributed by atoms with E-state index in [0.29, 0.717) is 6.42 Å². The Hall–Kier alpha value is -3.05. The monoisotopic (exact) mass is 400 g/mol. The lowest BCUT2D eigenvalue weighted by atomic mass is 9.73. The lowest BCUT2D eigenvalue weighted by molar-refractivity contribution is -0.134. The standard InChI is InChI=1S/C25H28N4O/c1-26-24(30)25(12-7-13-29(18-25)17-20-8-3-2-4-9-20)14-21-10-5-6-11-23(21)22-15-27-19-28-16-22/h2-6,8-11,15-16,19H,7,12-14,17-18H2,1H3,(H,26,30). The van der Waals surface area contributed by atoms with E-state index < -0.39 is 5.41 Å². The van der Waals surface area contributed by atoms with Gasteiger partial charge in [-0.2, -0.15) is 0 Å². The molecule has 154 valence electrons. The Kier molecular flexibility index (Phi) is 6.19. The summed E-state index contributed by atoms with van der Waals surface area (Å²) >= 11 is 0. The summed E-state index contributed by atoms with van der Waals surface area (Å²) in [6, 6.07) is 18.8. The van der Waals surface area contributed by atoms with Crippen molar-refractivity contribution in [2.45, 2.75) is 25.8 Å². The molecule has 30 heavy (non-hydrogen) atoms. The van der Waals surface area contributed by atoms with Crippen molar-refractivity contribution in [3.05, 3.63) is 84.4 Å². The quantitative estimate of drug-likeness (QED) is 0.685. The number of amides is 1. The summed E-state index contributed by atoms with van der Waals surface area (Å²) in [6.45, 7) is 2.64. The van der Waals surface area contributed by atoms with Crippen molar-refractivity contribution in [3.8, 4) is 11.1 Å². The summed E-state index contributed by atoms with van der Waals surface area (Å²) in [5.41, 5.74) is 4.08. The number of hydrogen-bond donors (Lipinski definition) is 1. The first-order chi connectivity index (χ1) is 14.7. The lowest BCUT2D eigenvalue weighted by Gasteiger charge is -2.42. The van der Waals surface area contributed by atoms with Gasteiger partial charge in [0.2, 0.25) is 5.91 Å². The Morgan fingerprint density at radius 3 is 2.57 bits per heavy atom.